The van der Waals surface area contributed by atoms with E-state index < -0.39 is 5.91 Å². The summed E-state index contributed by atoms with van der Waals surface area (Å²) >= 11 is 0. The zero-order chi connectivity index (χ0) is 15.5. The molecular formula is C18H15N2O2+. The molecule has 2 N–H and O–H groups in total. The van der Waals surface area contributed by atoms with Crippen LogP contribution in [0, 0.1) is 0 Å². The third-order valence-corrected chi connectivity index (χ3v) is 3.59. The number of carbonyl (C=O) groups excluding carboxylic acids is 2. The van der Waals surface area contributed by atoms with Crippen LogP contribution < -0.4 is 10.3 Å². The van der Waals surface area contributed by atoms with E-state index in [2.05, 4.69) is 0 Å². The molecule has 4 nitrogen and oxygen atoms in total. The molecule has 1 heterocycles. The number of fused-ring (bicyclic) bond motifs is 1. The molecular weight excluding hydrogens is 276 g/mol. The van der Waals surface area contributed by atoms with Gasteiger partial charge in [0.15, 0.2) is 0 Å². The summed E-state index contributed by atoms with van der Waals surface area (Å²) < 4.78 is 1.67. The van der Waals surface area contributed by atoms with Gasteiger partial charge in [-0.05, 0) is 12.1 Å². The van der Waals surface area contributed by atoms with Crippen molar-refractivity contribution in [3.05, 3.63) is 78.0 Å². The molecule has 3 rings (SSSR count). The number of ketones is 1. The van der Waals surface area contributed by atoms with Gasteiger partial charge in [0.25, 0.3) is 5.69 Å². The van der Waals surface area contributed by atoms with Gasteiger partial charge in [0, 0.05) is 23.1 Å². The van der Waals surface area contributed by atoms with Crippen molar-refractivity contribution in [1.82, 2.24) is 0 Å². The number of hydrogen-bond acceptors (Lipinski definition) is 2. The fourth-order valence-corrected chi connectivity index (χ4v) is 2.51. The maximum Gasteiger partial charge on any atom is 0.313 e. The second-order valence-corrected chi connectivity index (χ2v) is 5.02. The van der Waals surface area contributed by atoms with Crippen LogP contribution in [0.3, 0.4) is 0 Å². The van der Waals surface area contributed by atoms with Gasteiger partial charge in [-0.3, -0.25) is 9.59 Å². The van der Waals surface area contributed by atoms with Gasteiger partial charge in [-0.25, -0.2) is 0 Å². The van der Waals surface area contributed by atoms with E-state index in [0.717, 1.165) is 10.9 Å². The average Bonchev–Trinajstić information content (AvgIpc) is 2.55. The smallest absolute Gasteiger partial charge is 0.313 e. The second-order valence-electron chi connectivity index (χ2n) is 5.02. The van der Waals surface area contributed by atoms with E-state index in [4.69, 9.17) is 5.73 Å². The fourth-order valence-electron chi connectivity index (χ4n) is 2.51. The molecule has 1 amide bonds. The lowest BCUT2D eigenvalue weighted by Gasteiger charge is -2.05. The average molecular weight is 291 g/mol. The van der Waals surface area contributed by atoms with E-state index in [0.29, 0.717) is 11.3 Å². The number of benzene rings is 2. The number of primary amides is 1. The van der Waals surface area contributed by atoms with Gasteiger partial charge in [-0.2, -0.15) is 4.57 Å². The Morgan fingerprint density at radius 3 is 2.27 bits per heavy atom. The van der Waals surface area contributed by atoms with E-state index in [1.165, 1.54) is 0 Å². The predicted molar refractivity (Wildman–Crippen MR) is 83.4 cm³/mol. The SMILES string of the molecule is NC(=O)c1ccc2ccccc2[n+]1CC(=O)c1ccccc1. The minimum atomic E-state index is -0.549. The molecule has 0 radical (unpaired) electrons. The van der Waals surface area contributed by atoms with Crippen molar-refractivity contribution in [1.29, 1.82) is 0 Å². The highest BCUT2D eigenvalue weighted by Gasteiger charge is 2.23. The van der Waals surface area contributed by atoms with E-state index in [-0.39, 0.29) is 12.3 Å². The van der Waals surface area contributed by atoms with Crippen molar-refractivity contribution < 1.29 is 14.2 Å². The number of nitrogens with two attached hydrogens (primary N) is 1. The van der Waals surface area contributed by atoms with Crippen LogP contribution in [-0.4, -0.2) is 11.7 Å². The van der Waals surface area contributed by atoms with Crippen LogP contribution in [0.15, 0.2) is 66.7 Å². The summed E-state index contributed by atoms with van der Waals surface area (Å²) in [5.74, 6) is -0.615. The first-order chi connectivity index (χ1) is 10.7. The Bertz CT molecular complexity index is 857. The van der Waals surface area contributed by atoms with Crippen molar-refractivity contribution in [3.8, 4) is 0 Å². The van der Waals surface area contributed by atoms with Crippen LogP contribution in [-0.2, 0) is 6.54 Å². The van der Waals surface area contributed by atoms with Crippen LogP contribution in [0.25, 0.3) is 10.9 Å². The minimum Gasteiger partial charge on any atom is -0.360 e. The van der Waals surface area contributed by atoms with Crippen LogP contribution in [0.2, 0.25) is 0 Å². The number of Topliss-reactive ketones (excluding diaryl/α,β-unsaturated/α-hetero) is 1. The summed E-state index contributed by atoms with van der Waals surface area (Å²) in [5.41, 5.74) is 7.19. The summed E-state index contributed by atoms with van der Waals surface area (Å²) in [7, 11) is 0. The summed E-state index contributed by atoms with van der Waals surface area (Å²) in [6.45, 7) is 0.0731. The van der Waals surface area contributed by atoms with E-state index in [1.54, 1.807) is 22.8 Å². The molecule has 3 aromatic rings. The number of para-hydroxylation sites is 1. The zero-order valence-electron chi connectivity index (χ0n) is 11.9. The Labute approximate surface area is 127 Å². The molecule has 22 heavy (non-hydrogen) atoms. The van der Waals surface area contributed by atoms with Gasteiger partial charge in [0.2, 0.25) is 17.8 Å². The Morgan fingerprint density at radius 2 is 1.55 bits per heavy atom. The Kier molecular flexibility index (Phi) is 3.66. The third-order valence-electron chi connectivity index (χ3n) is 3.59. The van der Waals surface area contributed by atoms with Gasteiger partial charge in [0.05, 0.1) is 0 Å². The lowest BCUT2D eigenvalue weighted by Crippen LogP contribution is -2.45. The number of amides is 1. The Balaban J connectivity index is 2.10. The number of nitrogens with zero attached hydrogens (tertiary/aromatic N) is 1. The Morgan fingerprint density at radius 1 is 0.864 bits per heavy atom. The molecule has 0 aliphatic rings. The lowest BCUT2D eigenvalue weighted by molar-refractivity contribution is -0.659. The van der Waals surface area contributed by atoms with Gasteiger partial charge in [-0.15, -0.1) is 0 Å². The highest BCUT2D eigenvalue weighted by Crippen LogP contribution is 2.11. The molecule has 0 aliphatic heterocycles. The molecule has 0 aliphatic carbocycles. The summed E-state index contributed by atoms with van der Waals surface area (Å²) in [6, 6.07) is 20.1. The molecule has 0 spiro atoms. The largest absolute Gasteiger partial charge is 0.360 e. The first kappa shape index (κ1) is 13.9. The van der Waals surface area contributed by atoms with Crippen molar-refractivity contribution in [2.24, 2.45) is 5.73 Å². The highest BCUT2D eigenvalue weighted by molar-refractivity contribution is 5.96. The quantitative estimate of drug-likeness (QED) is 0.591. The molecule has 1 aromatic heterocycles. The fraction of sp³-hybridized carbons (Fsp3) is 0.0556. The van der Waals surface area contributed by atoms with E-state index in [9.17, 15) is 9.59 Å². The van der Waals surface area contributed by atoms with Gasteiger partial charge < -0.3 is 5.73 Å². The van der Waals surface area contributed by atoms with Gasteiger partial charge in [0.1, 0.15) is 0 Å². The number of carbonyl (C=O) groups is 2. The van der Waals surface area contributed by atoms with E-state index >= 15 is 0 Å². The molecule has 0 unspecified atom stereocenters. The molecule has 0 saturated carbocycles. The van der Waals surface area contributed by atoms with Crippen molar-refractivity contribution in [3.63, 3.8) is 0 Å². The van der Waals surface area contributed by atoms with Crippen LogP contribution >= 0.6 is 0 Å². The van der Waals surface area contributed by atoms with Crippen molar-refractivity contribution in [2.45, 2.75) is 6.54 Å². The number of aromatic nitrogens is 1. The second kappa shape index (κ2) is 5.77. The third kappa shape index (κ3) is 2.59. The monoisotopic (exact) mass is 291 g/mol. The topological polar surface area (TPSA) is 64.0 Å². The van der Waals surface area contributed by atoms with E-state index in [1.807, 2.05) is 48.5 Å². The molecule has 108 valence electrons. The molecule has 0 atom stereocenters. The normalized spacial score (nSPS) is 10.5. The summed E-state index contributed by atoms with van der Waals surface area (Å²) in [4.78, 5) is 24.1. The van der Waals surface area contributed by atoms with Crippen LogP contribution in [0.5, 0.6) is 0 Å². The molecule has 0 bridgehead atoms. The first-order valence-corrected chi connectivity index (χ1v) is 6.96. The maximum absolute atomic E-state index is 12.5. The highest BCUT2D eigenvalue weighted by atomic mass is 16.1. The van der Waals surface area contributed by atoms with Gasteiger partial charge in [-0.1, -0.05) is 42.5 Å². The number of pyridine rings is 1. The number of hydrogen-bond donors (Lipinski definition) is 1. The molecule has 4 heteroatoms. The maximum atomic E-state index is 12.5. The standard InChI is InChI=1S/C18H14N2O2/c19-18(22)16-11-10-13-6-4-5-9-15(13)20(16)12-17(21)14-7-2-1-3-8-14/h1-11H,12H2,(H-,19,22)/p+1. The lowest BCUT2D eigenvalue weighted by atomic mass is 10.1. The first-order valence-electron chi connectivity index (χ1n) is 6.96. The predicted octanol–water partition coefficient (Wildman–Crippen LogP) is 2.11. The molecule has 0 fully saturated rings. The van der Waals surface area contributed by atoms with Crippen LogP contribution in [0.4, 0.5) is 0 Å². The molecule has 0 saturated heterocycles. The summed E-state index contributed by atoms with van der Waals surface area (Å²) in [6.07, 6.45) is 0. The molecule has 2 aromatic carbocycles. The Hall–Kier alpha value is -3.01. The van der Waals surface area contributed by atoms with Crippen LogP contribution in [0.1, 0.15) is 20.8 Å². The van der Waals surface area contributed by atoms with Gasteiger partial charge >= 0.3 is 5.91 Å². The summed E-state index contributed by atoms with van der Waals surface area (Å²) in [5, 5.41) is 0.952. The number of rotatable bonds is 4. The van der Waals surface area contributed by atoms with Crippen molar-refractivity contribution >= 4 is 22.6 Å². The zero-order valence-corrected chi connectivity index (χ0v) is 11.9. The van der Waals surface area contributed by atoms with Crippen molar-refractivity contribution in [2.75, 3.05) is 0 Å². The minimum absolute atomic E-state index is 0.0653.